The van der Waals surface area contributed by atoms with E-state index in [0.717, 1.165) is 61.3 Å². The van der Waals surface area contributed by atoms with Crippen molar-refractivity contribution in [3.63, 3.8) is 0 Å². The van der Waals surface area contributed by atoms with Gasteiger partial charge in [-0.1, -0.05) is 103 Å². The quantitative estimate of drug-likeness (QED) is 0.123. The predicted molar refractivity (Wildman–Crippen MR) is 232 cm³/mol. The predicted octanol–water partition coefficient (Wildman–Crippen LogP) is 11.5. The summed E-state index contributed by atoms with van der Waals surface area (Å²) in [7, 11) is 0. The Labute approximate surface area is 349 Å². The van der Waals surface area contributed by atoms with E-state index in [1.54, 1.807) is 0 Å². The van der Waals surface area contributed by atoms with Crippen LogP contribution in [-0.4, -0.2) is 21.2 Å². The van der Waals surface area contributed by atoms with Gasteiger partial charge in [-0.2, -0.15) is 29.2 Å². The maximum Gasteiger partial charge on any atom is 2.00 e. The van der Waals surface area contributed by atoms with Gasteiger partial charge in [-0.3, -0.25) is 4.98 Å². The molecular formula is C49H31BN4OPtS. The van der Waals surface area contributed by atoms with Crippen molar-refractivity contribution >= 4 is 77.2 Å². The van der Waals surface area contributed by atoms with Crippen LogP contribution in [-0.2, 0) is 21.1 Å². The second-order valence-electron chi connectivity index (χ2n) is 14.0. The summed E-state index contributed by atoms with van der Waals surface area (Å²) in [6.07, 6.45) is 0. The van der Waals surface area contributed by atoms with E-state index in [4.69, 9.17) is 14.7 Å². The molecule has 0 unspecified atom stereocenters. The van der Waals surface area contributed by atoms with E-state index in [2.05, 4.69) is 150 Å². The fourth-order valence-electron chi connectivity index (χ4n) is 8.26. The molecule has 4 aromatic heterocycles. The van der Waals surface area contributed by atoms with Crippen molar-refractivity contribution < 1.29 is 25.8 Å². The molecule has 0 bridgehead atoms. The van der Waals surface area contributed by atoms with Crippen LogP contribution in [0, 0.1) is 12.1 Å². The average Bonchev–Trinajstić information content (AvgIpc) is 3.81. The summed E-state index contributed by atoms with van der Waals surface area (Å²) in [4.78, 5) is 12.8. The van der Waals surface area contributed by atoms with Gasteiger partial charge in [0, 0.05) is 39.1 Å². The number of rotatable bonds is 6. The molecule has 1 aliphatic rings. The van der Waals surface area contributed by atoms with E-state index in [0.29, 0.717) is 11.8 Å². The fraction of sp³-hybridized carbons (Fsp3) is 0.0204. The number of para-hydroxylation sites is 2. The minimum atomic E-state index is 0. The molecule has 272 valence electrons. The second-order valence-corrected chi connectivity index (χ2v) is 15.1. The van der Waals surface area contributed by atoms with Gasteiger partial charge in [0.05, 0.1) is 5.69 Å². The van der Waals surface area contributed by atoms with Crippen LogP contribution >= 0.6 is 11.3 Å². The van der Waals surface area contributed by atoms with Gasteiger partial charge < -0.3 is 14.2 Å². The molecule has 8 heteroatoms. The van der Waals surface area contributed by atoms with E-state index in [1.165, 1.54) is 26.1 Å². The number of fused-ring (bicyclic) bond motifs is 7. The van der Waals surface area contributed by atoms with Crippen LogP contribution in [0.25, 0.3) is 60.1 Å². The molecule has 11 rings (SSSR count). The van der Waals surface area contributed by atoms with Crippen LogP contribution in [0.4, 0.5) is 17.1 Å². The van der Waals surface area contributed by atoms with Gasteiger partial charge >= 0.3 is 21.1 Å². The third kappa shape index (κ3) is 5.89. The van der Waals surface area contributed by atoms with Gasteiger partial charge in [0.15, 0.2) is 0 Å². The zero-order chi connectivity index (χ0) is 37.2. The first kappa shape index (κ1) is 35.2. The fourth-order valence-corrected chi connectivity index (χ4v) is 9.51. The minimum absolute atomic E-state index is 0. The maximum absolute atomic E-state index is 6.76. The van der Waals surface area contributed by atoms with Crippen LogP contribution < -0.4 is 19.9 Å². The van der Waals surface area contributed by atoms with Crippen molar-refractivity contribution in [3.8, 4) is 40.0 Å². The minimum Gasteiger partial charge on any atom is -0.421 e. The Morgan fingerprint density at radius 3 is 2.26 bits per heavy atom. The number of ether oxygens (including phenoxy) is 1. The molecule has 0 atom stereocenters. The van der Waals surface area contributed by atoms with Gasteiger partial charge in [-0.25, -0.2) is 0 Å². The number of thiophene rings is 1. The third-order valence-electron chi connectivity index (χ3n) is 10.7. The second kappa shape index (κ2) is 14.3. The number of aromatic nitrogens is 3. The third-order valence-corrected chi connectivity index (χ3v) is 12.1. The van der Waals surface area contributed by atoms with Gasteiger partial charge in [-0.15, -0.1) is 52.6 Å². The Bertz CT molecular complexity index is 3060. The van der Waals surface area contributed by atoms with Crippen molar-refractivity contribution in [3.05, 3.63) is 182 Å². The van der Waals surface area contributed by atoms with Crippen LogP contribution in [0.15, 0.2) is 170 Å². The zero-order valence-electron chi connectivity index (χ0n) is 30.7. The molecule has 0 saturated heterocycles. The molecule has 5 heterocycles. The SMILES string of the molecule is CB1c2sc3ccccc3c2N(c2cccc(-c3ccccc3)c2)c2cc(Oc3cccc(-n4c5[c-]cccc5c5ccccc54)n3)nc(-c3[c-]cccc3)c21.[Pt+2]. The van der Waals surface area contributed by atoms with Crippen LogP contribution in [0.2, 0.25) is 6.82 Å². The van der Waals surface area contributed by atoms with Crippen LogP contribution in [0.1, 0.15) is 0 Å². The van der Waals surface area contributed by atoms with Crippen molar-refractivity contribution in [1.82, 2.24) is 14.5 Å². The molecule has 1 aliphatic heterocycles. The standard InChI is InChI=1S/C49H31BN4OS.Pt/c1-50-46-41(53(48-38-24-10-13-27-42(38)56-49(48)50)35-21-14-20-34(30-35)32-16-4-2-5-17-32)31-45(52-47(46)33-18-6-3-7-19-33)55-44-29-15-28-43(51-44)54-39-25-11-8-22-36(39)37-23-9-12-26-40(37)54;/h2-18,20-25,27-31H,1H3;/q-2;+2. The van der Waals surface area contributed by atoms with Crippen LogP contribution in [0.5, 0.6) is 11.8 Å². The smallest absolute Gasteiger partial charge is 0.421 e. The number of anilines is 3. The first-order valence-corrected chi connectivity index (χ1v) is 19.6. The van der Waals surface area contributed by atoms with E-state index in [9.17, 15) is 0 Å². The molecule has 10 aromatic rings. The molecule has 6 aromatic carbocycles. The van der Waals surface area contributed by atoms with E-state index in [1.807, 2.05) is 59.9 Å². The number of hydrogen-bond donors (Lipinski definition) is 0. The molecule has 0 saturated carbocycles. The summed E-state index contributed by atoms with van der Waals surface area (Å²) in [6, 6.07) is 65.6. The first-order chi connectivity index (χ1) is 27.7. The van der Waals surface area contributed by atoms with E-state index in [-0.39, 0.29) is 27.8 Å². The molecule has 0 N–H and O–H groups in total. The summed E-state index contributed by atoms with van der Waals surface area (Å²) < 4.78 is 11.5. The Hall–Kier alpha value is -6.27. The summed E-state index contributed by atoms with van der Waals surface area (Å²) >= 11 is 1.86. The van der Waals surface area contributed by atoms with Crippen molar-refractivity contribution in [2.24, 2.45) is 0 Å². The molecule has 5 nitrogen and oxygen atoms in total. The first-order valence-electron chi connectivity index (χ1n) is 18.7. The molecule has 0 fully saturated rings. The van der Waals surface area contributed by atoms with E-state index >= 15 is 0 Å². The Morgan fingerprint density at radius 2 is 1.39 bits per heavy atom. The van der Waals surface area contributed by atoms with Gasteiger partial charge in [0.1, 0.15) is 5.82 Å². The average molecular weight is 930 g/mol. The van der Waals surface area contributed by atoms with Gasteiger partial charge in [0.25, 0.3) is 0 Å². The maximum atomic E-state index is 6.76. The monoisotopic (exact) mass is 929 g/mol. The Morgan fingerprint density at radius 1 is 0.632 bits per heavy atom. The zero-order valence-corrected chi connectivity index (χ0v) is 33.8. The number of nitrogens with zero attached hydrogens (tertiary/aromatic N) is 4. The largest absolute Gasteiger partial charge is 2.00 e. The topological polar surface area (TPSA) is 43.2 Å². The summed E-state index contributed by atoms with van der Waals surface area (Å²) in [5, 5.41) is 3.50. The summed E-state index contributed by atoms with van der Waals surface area (Å²) in [5.74, 6) is 1.64. The van der Waals surface area contributed by atoms with Crippen molar-refractivity contribution in [2.75, 3.05) is 4.90 Å². The number of benzene rings is 6. The molecule has 0 spiro atoms. The molecule has 0 radical (unpaired) electrons. The molecule has 57 heavy (non-hydrogen) atoms. The molecular weight excluding hydrogens is 899 g/mol. The normalized spacial score (nSPS) is 12.1. The molecule has 0 amide bonds. The number of hydrogen-bond acceptors (Lipinski definition) is 5. The summed E-state index contributed by atoms with van der Waals surface area (Å²) in [6.45, 7) is 2.36. The van der Waals surface area contributed by atoms with Crippen LogP contribution in [0.3, 0.4) is 0 Å². The Balaban J connectivity index is 0.00000396. The van der Waals surface area contributed by atoms with Gasteiger partial charge in [-0.05, 0) is 57.3 Å². The molecule has 0 aliphatic carbocycles. The summed E-state index contributed by atoms with van der Waals surface area (Å²) in [5.41, 5.74) is 10.5. The van der Waals surface area contributed by atoms with Crippen molar-refractivity contribution in [2.45, 2.75) is 6.82 Å². The van der Waals surface area contributed by atoms with Crippen molar-refractivity contribution in [1.29, 1.82) is 0 Å². The van der Waals surface area contributed by atoms with E-state index < -0.39 is 0 Å². The van der Waals surface area contributed by atoms with Gasteiger partial charge in [0.2, 0.25) is 18.5 Å². The number of pyridine rings is 2. The Kier molecular flexibility index (Phi) is 8.85.